The van der Waals surface area contributed by atoms with Crippen molar-refractivity contribution in [1.82, 2.24) is 0 Å². The summed E-state index contributed by atoms with van der Waals surface area (Å²) in [5.74, 6) is -1.74. The molecule has 0 aliphatic rings. The molecule has 3 atom stereocenters. The van der Waals surface area contributed by atoms with E-state index < -0.39 is 25.4 Å². The van der Waals surface area contributed by atoms with Crippen molar-refractivity contribution >= 4 is 13.5 Å². The fourth-order valence-corrected chi connectivity index (χ4v) is 2.16. The molecular weight excluding hydrogens is 219 g/mol. The van der Waals surface area contributed by atoms with Crippen LogP contribution in [0.5, 0.6) is 0 Å². The van der Waals surface area contributed by atoms with Crippen molar-refractivity contribution in [3.05, 3.63) is 0 Å². The third-order valence-corrected chi connectivity index (χ3v) is 3.70. The van der Waals surface area contributed by atoms with Crippen molar-refractivity contribution in [3.8, 4) is 0 Å². The summed E-state index contributed by atoms with van der Waals surface area (Å²) < 4.78 is 16.2. The first-order valence-corrected chi connectivity index (χ1v) is 6.51. The molecule has 0 aromatic carbocycles. The van der Waals surface area contributed by atoms with Gasteiger partial charge in [-0.25, -0.2) is 0 Å². The maximum atomic E-state index is 11.5. The van der Waals surface area contributed by atoms with Crippen LogP contribution in [0.25, 0.3) is 0 Å². The van der Waals surface area contributed by atoms with E-state index in [2.05, 4.69) is 4.52 Å². The number of primary amides is 1. The number of carbonyl (C=O) groups is 1. The van der Waals surface area contributed by atoms with E-state index in [1.807, 2.05) is 6.92 Å². The Balaban J connectivity index is 4.27. The Morgan fingerprint density at radius 2 is 2.13 bits per heavy atom. The van der Waals surface area contributed by atoms with Gasteiger partial charge < -0.3 is 16.4 Å². The van der Waals surface area contributed by atoms with Crippen LogP contribution in [0.15, 0.2) is 0 Å². The van der Waals surface area contributed by atoms with E-state index in [0.29, 0.717) is 6.42 Å². The summed E-state index contributed by atoms with van der Waals surface area (Å²) in [6.45, 7) is 3.26. The van der Waals surface area contributed by atoms with Crippen LogP contribution >= 0.6 is 7.60 Å². The van der Waals surface area contributed by atoms with Gasteiger partial charge in [0.1, 0.15) is 11.9 Å². The second kappa shape index (κ2) is 6.23. The molecule has 0 saturated carbocycles. The quantitative estimate of drug-likeness (QED) is 0.560. The molecule has 5 N–H and O–H groups in total. The zero-order chi connectivity index (χ0) is 12.1. The van der Waals surface area contributed by atoms with Gasteiger partial charge in [-0.15, -0.1) is 0 Å². The molecule has 0 fully saturated rings. The summed E-state index contributed by atoms with van der Waals surface area (Å²) in [6.07, 6.45) is 0.892. The van der Waals surface area contributed by atoms with Gasteiger partial charge in [0, 0.05) is 0 Å². The van der Waals surface area contributed by atoms with Gasteiger partial charge in [-0.1, -0.05) is 19.8 Å². The standard InChI is InChI=1S/C8H19N2O4P/c1-3-4-5-7(9)15(12,13)14-6(2)8(10)11/h6-7H,3-5,9H2,1-2H3,(H2,10,11)(H,12,13)/t6-,7?/m0/s1. The van der Waals surface area contributed by atoms with E-state index in [9.17, 15) is 14.3 Å². The Labute approximate surface area is 89.5 Å². The van der Waals surface area contributed by atoms with Crippen LogP contribution in [-0.2, 0) is 13.9 Å². The summed E-state index contributed by atoms with van der Waals surface area (Å²) in [6, 6.07) is 0. The van der Waals surface area contributed by atoms with Gasteiger partial charge in [0.2, 0.25) is 5.91 Å². The molecule has 7 heteroatoms. The van der Waals surface area contributed by atoms with Crippen molar-refractivity contribution in [2.24, 2.45) is 11.5 Å². The Kier molecular flexibility index (Phi) is 6.05. The Hall–Kier alpha value is -0.420. The Morgan fingerprint density at radius 1 is 1.60 bits per heavy atom. The zero-order valence-electron chi connectivity index (χ0n) is 9.05. The summed E-state index contributed by atoms with van der Waals surface area (Å²) in [7, 11) is -3.95. The Morgan fingerprint density at radius 3 is 2.53 bits per heavy atom. The van der Waals surface area contributed by atoms with Gasteiger partial charge in [-0.3, -0.25) is 13.9 Å². The van der Waals surface area contributed by atoms with Crippen LogP contribution in [0, 0.1) is 0 Å². The lowest BCUT2D eigenvalue weighted by Gasteiger charge is -2.21. The monoisotopic (exact) mass is 238 g/mol. The molecule has 0 rings (SSSR count). The highest BCUT2D eigenvalue weighted by Crippen LogP contribution is 2.47. The molecule has 2 unspecified atom stereocenters. The van der Waals surface area contributed by atoms with Crippen molar-refractivity contribution < 1.29 is 18.8 Å². The van der Waals surface area contributed by atoms with Gasteiger partial charge >= 0.3 is 7.60 Å². The molecule has 0 saturated heterocycles. The molecule has 90 valence electrons. The fraction of sp³-hybridized carbons (Fsp3) is 0.875. The second-order valence-corrected chi connectivity index (χ2v) is 5.43. The lowest BCUT2D eigenvalue weighted by atomic mass is 10.2. The molecule has 1 amide bonds. The highest BCUT2D eigenvalue weighted by atomic mass is 31.2. The van der Waals surface area contributed by atoms with Crippen LogP contribution in [0.3, 0.4) is 0 Å². The SMILES string of the molecule is CCCCC(N)P(=O)(O)O[C@@H](C)C(N)=O. The van der Waals surface area contributed by atoms with Gasteiger partial charge in [0.15, 0.2) is 0 Å². The predicted molar refractivity (Wildman–Crippen MR) is 57.1 cm³/mol. The van der Waals surface area contributed by atoms with E-state index in [1.54, 1.807) is 0 Å². The lowest BCUT2D eigenvalue weighted by molar-refractivity contribution is -0.124. The van der Waals surface area contributed by atoms with E-state index >= 15 is 0 Å². The van der Waals surface area contributed by atoms with Crippen molar-refractivity contribution in [2.75, 3.05) is 0 Å². The van der Waals surface area contributed by atoms with Crippen LogP contribution in [0.1, 0.15) is 33.1 Å². The molecule has 0 aliphatic heterocycles. The largest absolute Gasteiger partial charge is 0.367 e. The average molecular weight is 238 g/mol. The molecule has 15 heavy (non-hydrogen) atoms. The number of hydrogen-bond acceptors (Lipinski definition) is 4. The van der Waals surface area contributed by atoms with Crippen LogP contribution < -0.4 is 11.5 Å². The normalized spacial score (nSPS) is 19.2. The third kappa shape index (κ3) is 5.28. The van der Waals surface area contributed by atoms with Crippen LogP contribution in [0.2, 0.25) is 0 Å². The topological polar surface area (TPSA) is 116 Å². The zero-order valence-corrected chi connectivity index (χ0v) is 9.94. The van der Waals surface area contributed by atoms with Gasteiger partial charge in [0.05, 0.1) is 0 Å². The summed E-state index contributed by atoms with van der Waals surface area (Å²) >= 11 is 0. The minimum Gasteiger partial charge on any atom is -0.367 e. The second-order valence-electron chi connectivity index (χ2n) is 3.42. The van der Waals surface area contributed by atoms with Gasteiger partial charge in [0.25, 0.3) is 0 Å². The molecule has 0 heterocycles. The highest BCUT2D eigenvalue weighted by Gasteiger charge is 2.32. The van der Waals surface area contributed by atoms with E-state index in [4.69, 9.17) is 11.5 Å². The van der Waals surface area contributed by atoms with Crippen molar-refractivity contribution in [3.63, 3.8) is 0 Å². The van der Waals surface area contributed by atoms with Crippen LogP contribution in [0.4, 0.5) is 0 Å². The lowest BCUT2D eigenvalue weighted by Crippen LogP contribution is -2.30. The number of hydrogen-bond donors (Lipinski definition) is 3. The summed E-state index contributed by atoms with van der Waals surface area (Å²) in [5, 5.41) is 0. The number of carbonyl (C=O) groups excluding carboxylic acids is 1. The molecule has 0 bridgehead atoms. The minimum absolute atomic E-state index is 0.385. The highest BCUT2D eigenvalue weighted by molar-refractivity contribution is 7.53. The molecule has 0 spiro atoms. The first kappa shape index (κ1) is 14.6. The first-order valence-electron chi connectivity index (χ1n) is 4.87. The molecular formula is C8H19N2O4P. The number of nitrogens with two attached hydrogens (primary N) is 2. The van der Waals surface area contributed by atoms with E-state index in [1.165, 1.54) is 6.92 Å². The Bertz CT molecular complexity index is 259. The first-order chi connectivity index (χ1) is 6.81. The average Bonchev–Trinajstić information content (AvgIpc) is 2.13. The van der Waals surface area contributed by atoms with Crippen molar-refractivity contribution in [2.45, 2.75) is 45.0 Å². The maximum Gasteiger partial charge on any atom is 0.345 e. The molecule has 0 radical (unpaired) electrons. The fourth-order valence-electron chi connectivity index (χ4n) is 0.933. The summed E-state index contributed by atoms with van der Waals surface area (Å²) in [5.41, 5.74) is 10.4. The number of amides is 1. The van der Waals surface area contributed by atoms with Gasteiger partial charge in [-0.05, 0) is 13.3 Å². The summed E-state index contributed by atoms with van der Waals surface area (Å²) in [4.78, 5) is 20.1. The predicted octanol–water partition coefficient (Wildman–Crippen LogP) is 0.537. The molecule has 0 aromatic rings. The van der Waals surface area contributed by atoms with Crippen molar-refractivity contribution in [1.29, 1.82) is 0 Å². The number of unbranched alkanes of at least 4 members (excludes halogenated alkanes) is 1. The van der Waals surface area contributed by atoms with Crippen LogP contribution in [-0.4, -0.2) is 22.7 Å². The maximum absolute atomic E-state index is 11.5. The minimum atomic E-state index is -3.95. The van der Waals surface area contributed by atoms with E-state index in [-0.39, 0.29) is 0 Å². The molecule has 0 aromatic heterocycles. The molecule has 6 nitrogen and oxygen atoms in total. The number of rotatable bonds is 7. The third-order valence-electron chi connectivity index (χ3n) is 1.98. The smallest absolute Gasteiger partial charge is 0.345 e. The molecule has 0 aliphatic carbocycles. The van der Waals surface area contributed by atoms with E-state index in [0.717, 1.165) is 12.8 Å². The van der Waals surface area contributed by atoms with Gasteiger partial charge in [-0.2, -0.15) is 0 Å².